The van der Waals surface area contributed by atoms with Crippen LogP contribution in [0.4, 0.5) is 0 Å². The number of aliphatic hydroxyl groups excluding tert-OH is 1. The first-order valence-corrected chi connectivity index (χ1v) is 9.01. The lowest BCUT2D eigenvalue weighted by Gasteiger charge is -2.18. The summed E-state index contributed by atoms with van der Waals surface area (Å²) < 4.78 is 1.95. The summed E-state index contributed by atoms with van der Waals surface area (Å²) in [6, 6.07) is 16.0. The fourth-order valence-corrected chi connectivity index (χ4v) is 3.54. The summed E-state index contributed by atoms with van der Waals surface area (Å²) in [6.45, 7) is 2.94. The molecule has 0 aliphatic carbocycles. The van der Waals surface area contributed by atoms with E-state index in [9.17, 15) is 9.90 Å². The third-order valence-corrected chi connectivity index (χ3v) is 4.97. The molecule has 3 heterocycles. The van der Waals surface area contributed by atoms with Gasteiger partial charge in [0.05, 0.1) is 11.7 Å². The van der Waals surface area contributed by atoms with Crippen LogP contribution in [0, 0.1) is 0 Å². The second-order valence-corrected chi connectivity index (χ2v) is 6.89. The molecule has 1 atom stereocenters. The van der Waals surface area contributed by atoms with E-state index in [1.54, 1.807) is 0 Å². The number of aliphatic hydroxyl groups is 1. The van der Waals surface area contributed by atoms with E-state index in [-0.39, 0.29) is 12.0 Å². The van der Waals surface area contributed by atoms with E-state index in [4.69, 9.17) is 0 Å². The minimum atomic E-state index is -0.217. The van der Waals surface area contributed by atoms with E-state index in [1.165, 1.54) is 5.56 Å². The number of rotatable bonds is 5. The van der Waals surface area contributed by atoms with E-state index < -0.39 is 0 Å². The zero-order chi connectivity index (χ0) is 17.9. The van der Waals surface area contributed by atoms with Crippen LogP contribution in [0.1, 0.15) is 27.9 Å². The van der Waals surface area contributed by atoms with Crippen LogP contribution in [0.15, 0.2) is 60.9 Å². The van der Waals surface area contributed by atoms with Crippen LogP contribution < -0.4 is 5.32 Å². The van der Waals surface area contributed by atoms with Crippen LogP contribution in [-0.2, 0) is 13.1 Å². The van der Waals surface area contributed by atoms with Gasteiger partial charge in [-0.05, 0) is 35.7 Å². The van der Waals surface area contributed by atoms with Crippen LogP contribution >= 0.6 is 0 Å². The van der Waals surface area contributed by atoms with E-state index in [1.807, 2.05) is 53.2 Å². The van der Waals surface area contributed by atoms with Crippen molar-refractivity contribution in [1.82, 2.24) is 14.6 Å². The van der Waals surface area contributed by atoms with Crippen LogP contribution in [0.5, 0.6) is 0 Å². The Bertz CT molecular complexity index is 885. The van der Waals surface area contributed by atoms with Gasteiger partial charge in [-0.1, -0.05) is 30.3 Å². The number of amides is 1. The van der Waals surface area contributed by atoms with Crippen molar-refractivity contribution in [3.63, 3.8) is 0 Å². The summed E-state index contributed by atoms with van der Waals surface area (Å²) in [5.74, 6) is -0.0694. The molecule has 1 fully saturated rings. The van der Waals surface area contributed by atoms with Gasteiger partial charge in [-0.2, -0.15) is 0 Å². The van der Waals surface area contributed by atoms with Crippen LogP contribution in [0.25, 0.3) is 5.52 Å². The molecule has 1 unspecified atom stereocenters. The smallest absolute Gasteiger partial charge is 0.253 e. The topological polar surface area (TPSA) is 57.0 Å². The molecule has 0 radical (unpaired) electrons. The molecule has 3 aromatic rings. The maximum absolute atomic E-state index is 12.5. The van der Waals surface area contributed by atoms with E-state index in [0.29, 0.717) is 12.1 Å². The second-order valence-electron chi connectivity index (χ2n) is 6.89. The Balaban J connectivity index is 1.43. The summed E-state index contributed by atoms with van der Waals surface area (Å²) in [7, 11) is 0. The van der Waals surface area contributed by atoms with Gasteiger partial charge in [0.2, 0.25) is 0 Å². The number of carbonyl (C=O) groups is 1. The van der Waals surface area contributed by atoms with Gasteiger partial charge in [0, 0.05) is 44.1 Å². The quantitative estimate of drug-likeness (QED) is 0.744. The van der Waals surface area contributed by atoms with Crippen LogP contribution in [0.2, 0.25) is 0 Å². The van der Waals surface area contributed by atoms with Gasteiger partial charge in [-0.25, -0.2) is 0 Å². The Hall–Kier alpha value is -2.63. The molecule has 0 bridgehead atoms. The summed E-state index contributed by atoms with van der Waals surface area (Å²) >= 11 is 0. The molecule has 26 heavy (non-hydrogen) atoms. The lowest BCUT2D eigenvalue weighted by atomic mass is 10.1. The molecule has 1 amide bonds. The maximum atomic E-state index is 12.5. The zero-order valence-electron chi connectivity index (χ0n) is 14.6. The Kier molecular flexibility index (Phi) is 4.73. The van der Waals surface area contributed by atoms with Crippen molar-refractivity contribution in [3.8, 4) is 0 Å². The molecule has 2 aromatic heterocycles. The lowest BCUT2D eigenvalue weighted by molar-refractivity contribution is 0.0951. The highest BCUT2D eigenvalue weighted by molar-refractivity contribution is 5.95. The van der Waals surface area contributed by atoms with Crippen molar-refractivity contribution in [2.24, 2.45) is 0 Å². The number of pyridine rings is 1. The predicted octanol–water partition coefficient (Wildman–Crippen LogP) is 2.44. The molecule has 134 valence electrons. The molecular formula is C21H23N3O2. The number of hydrogen-bond acceptors (Lipinski definition) is 3. The van der Waals surface area contributed by atoms with Gasteiger partial charge in [0.25, 0.3) is 5.91 Å². The highest BCUT2D eigenvalue weighted by atomic mass is 16.3. The van der Waals surface area contributed by atoms with Gasteiger partial charge < -0.3 is 14.8 Å². The Morgan fingerprint density at radius 3 is 2.73 bits per heavy atom. The molecule has 1 saturated heterocycles. The molecule has 1 aliphatic rings. The molecule has 1 aliphatic heterocycles. The number of fused-ring (bicyclic) bond motifs is 1. The largest absolute Gasteiger partial charge is 0.392 e. The fraction of sp³-hybridized carbons (Fsp3) is 0.286. The van der Waals surface area contributed by atoms with Crippen LogP contribution in [0.3, 0.4) is 0 Å². The standard InChI is InChI=1S/C21H23N3O2/c25-20-8-10-23(15-20)13-17-6-2-1-5-16(17)12-22-21(26)18-11-19-7-3-4-9-24(19)14-18/h1-7,9,11,14,20,25H,8,10,12-13,15H2,(H,22,26). The van der Waals surface area contributed by atoms with E-state index in [0.717, 1.165) is 37.1 Å². The predicted molar refractivity (Wildman–Crippen MR) is 101 cm³/mol. The summed E-state index contributed by atoms with van der Waals surface area (Å²) in [6.07, 6.45) is 4.40. The van der Waals surface area contributed by atoms with Crippen molar-refractivity contribution in [3.05, 3.63) is 77.6 Å². The van der Waals surface area contributed by atoms with Crippen molar-refractivity contribution in [2.45, 2.75) is 25.6 Å². The normalized spacial score (nSPS) is 17.7. The van der Waals surface area contributed by atoms with Crippen molar-refractivity contribution in [1.29, 1.82) is 0 Å². The highest BCUT2D eigenvalue weighted by Crippen LogP contribution is 2.17. The van der Waals surface area contributed by atoms with E-state index >= 15 is 0 Å². The summed E-state index contributed by atoms with van der Waals surface area (Å²) in [5.41, 5.74) is 3.98. The average molecular weight is 349 g/mol. The number of likely N-dealkylation sites (tertiary alicyclic amines) is 1. The monoisotopic (exact) mass is 349 g/mol. The Labute approximate surface area is 152 Å². The van der Waals surface area contributed by atoms with Crippen LogP contribution in [-0.4, -0.2) is 39.5 Å². The first-order valence-electron chi connectivity index (χ1n) is 9.01. The lowest BCUT2D eigenvalue weighted by Crippen LogP contribution is -2.25. The first kappa shape index (κ1) is 16.8. The van der Waals surface area contributed by atoms with Gasteiger partial charge in [0.1, 0.15) is 0 Å². The minimum Gasteiger partial charge on any atom is -0.392 e. The minimum absolute atomic E-state index is 0.0694. The van der Waals surface area contributed by atoms with Gasteiger partial charge in [0.15, 0.2) is 0 Å². The number of benzene rings is 1. The molecule has 1 aromatic carbocycles. The molecular weight excluding hydrogens is 326 g/mol. The first-order chi connectivity index (χ1) is 12.7. The number of β-amino-alcohol motifs (C(OH)–C–C–N with tert-alkyl or cyclic N) is 1. The average Bonchev–Trinajstić information content (AvgIpc) is 3.26. The van der Waals surface area contributed by atoms with Gasteiger partial charge in [-0.15, -0.1) is 0 Å². The van der Waals surface area contributed by atoms with Crippen molar-refractivity contribution < 1.29 is 9.90 Å². The number of aromatic nitrogens is 1. The van der Waals surface area contributed by atoms with E-state index in [2.05, 4.69) is 22.3 Å². The third-order valence-electron chi connectivity index (χ3n) is 4.97. The summed E-state index contributed by atoms with van der Waals surface area (Å²) in [4.78, 5) is 14.8. The second kappa shape index (κ2) is 7.32. The molecule has 0 spiro atoms. The molecule has 4 rings (SSSR count). The van der Waals surface area contributed by atoms with Crippen molar-refractivity contribution >= 4 is 11.4 Å². The molecule has 0 saturated carbocycles. The molecule has 5 nitrogen and oxygen atoms in total. The van der Waals surface area contributed by atoms with Crippen molar-refractivity contribution in [2.75, 3.05) is 13.1 Å². The molecule has 5 heteroatoms. The Morgan fingerprint density at radius 1 is 1.15 bits per heavy atom. The van der Waals surface area contributed by atoms with Gasteiger partial charge in [-0.3, -0.25) is 9.69 Å². The number of nitrogens with zero attached hydrogens (tertiary/aromatic N) is 2. The number of hydrogen-bond donors (Lipinski definition) is 2. The molecule has 2 N–H and O–H groups in total. The Morgan fingerprint density at radius 2 is 1.96 bits per heavy atom. The zero-order valence-corrected chi connectivity index (χ0v) is 14.6. The summed E-state index contributed by atoms with van der Waals surface area (Å²) in [5, 5.41) is 12.7. The van der Waals surface area contributed by atoms with Gasteiger partial charge >= 0.3 is 0 Å². The SMILES string of the molecule is O=C(NCc1ccccc1CN1CCC(O)C1)c1cc2ccccn2c1. The maximum Gasteiger partial charge on any atom is 0.253 e. The third kappa shape index (κ3) is 3.64. The number of carbonyl (C=O) groups excluding carboxylic acids is 1. The fourth-order valence-electron chi connectivity index (χ4n) is 3.54. The number of nitrogens with one attached hydrogen (secondary N) is 1. The highest BCUT2D eigenvalue weighted by Gasteiger charge is 2.20.